The van der Waals surface area contributed by atoms with Crippen LogP contribution in [0.4, 0.5) is 0 Å². The monoisotopic (exact) mass is 212 g/mol. The van der Waals surface area contributed by atoms with Crippen LogP contribution in [0.1, 0.15) is 66.2 Å². The van der Waals surface area contributed by atoms with E-state index in [1.54, 1.807) is 0 Å². The number of hydrogen-bond acceptors (Lipinski definition) is 1. The third-order valence-corrected chi connectivity index (χ3v) is 4.61. The summed E-state index contributed by atoms with van der Waals surface area (Å²) in [6, 6.07) is 0. The van der Waals surface area contributed by atoms with Crippen LogP contribution < -0.4 is 0 Å². The Hall–Kier alpha value is -0.0400. The molecule has 1 aliphatic rings. The molecule has 90 valence electrons. The summed E-state index contributed by atoms with van der Waals surface area (Å²) in [6.07, 6.45) is 7.46. The van der Waals surface area contributed by atoms with E-state index in [-0.39, 0.29) is 11.5 Å². The van der Waals surface area contributed by atoms with E-state index in [4.69, 9.17) is 0 Å². The predicted molar refractivity (Wildman–Crippen MR) is 65.8 cm³/mol. The van der Waals surface area contributed by atoms with Crippen LogP contribution in [-0.2, 0) is 0 Å². The van der Waals surface area contributed by atoms with Crippen molar-refractivity contribution in [1.82, 2.24) is 0 Å². The molecule has 0 aromatic carbocycles. The van der Waals surface area contributed by atoms with Gasteiger partial charge in [-0.05, 0) is 30.1 Å². The lowest BCUT2D eigenvalue weighted by atomic mass is 9.67. The Morgan fingerprint density at radius 3 is 2.33 bits per heavy atom. The summed E-state index contributed by atoms with van der Waals surface area (Å²) in [4.78, 5) is 0. The summed E-state index contributed by atoms with van der Waals surface area (Å²) in [5.74, 6) is 1.32. The molecule has 1 heteroatoms. The Labute approximate surface area is 95.3 Å². The number of hydrogen-bond donors (Lipinski definition) is 1. The highest BCUT2D eigenvalue weighted by molar-refractivity contribution is 4.87. The summed E-state index contributed by atoms with van der Waals surface area (Å²) in [5.41, 5.74) is 0.0927. The van der Waals surface area contributed by atoms with Crippen LogP contribution in [0.5, 0.6) is 0 Å². The van der Waals surface area contributed by atoms with Gasteiger partial charge in [-0.15, -0.1) is 0 Å². The van der Waals surface area contributed by atoms with Crippen molar-refractivity contribution in [2.24, 2.45) is 17.3 Å². The first-order valence-corrected chi connectivity index (χ1v) is 6.71. The summed E-state index contributed by atoms with van der Waals surface area (Å²) in [6.45, 7) is 8.87. The number of aliphatic hydroxyl groups excluding tert-OH is 1. The van der Waals surface area contributed by atoms with E-state index in [2.05, 4.69) is 27.7 Å². The lowest BCUT2D eigenvalue weighted by Crippen LogP contribution is -2.40. The Kier molecular flexibility index (Phi) is 4.64. The van der Waals surface area contributed by atoms with E-state index in [0.29, 0.717) is 5.92 Å². The van der Waals surface area contributed by atoms with Gasteiger partial charge in [0.15, 0.2) is 0 Å². The topological polar surface area (TPSA) is 20.2 Å². The van der Waals surface area contributed by atoms with Crippen LogP contribution in [0.2, 0.25) is 0 Å². The van der Waals surface area contributed by atoms with Gasteiger partial charge in [0.1, 0.15) is 0 Å². The van der Waals surface area contributed by atoms with Crippen molar-refractivity contribution >= 4 is 0 Å². The normalized spacial score (nSPS) is 30.2. The van der Waals surface area contributed by atoms with Gasteiger partial charge in [-0.2, -0.15) is 0 Å². The second-order valence-corrected chi connectivity index (χ2v) is 5.90. The molecule has 0 bridgehead atoms. The molecule has 1 saturated carbocycles. The first-order chi connectivity index (χ1) is 7.03. The standard InChI is InChI=1S/C14H28O/c1-5-11-9-7-8-10-12(11)13(15)14(3,4)6-2/h11-13,15H,5-10H2,1-4H3. The Morgan fingerprint density at radius 1 is 1.20 bits per heavy atom. The molecule has 1 rings (SSSR count). The maximum absolute atomic E-state index is 10.5. The SMILES string of the molecule is CCC1CCCCC1C(O)C(C)(C)CC. The molecule has 0 amide bonds. The van der Waals surface area contributed by atoms with Crippen molar-refractivity contribution < 1.29 is 5.11 Å². The van der Waals surface area contributed by atoms with Crippen LogP contribution in [0.15, 0.2) is 0 Å². The lowest BCUT2D eigenvalue weighted by Gasteiger charge is -2.41. The zero-order valence-corrected chi connectivity index (χ0v) is 10.9. The summed E-state index contributed by atoms with van der Waals surface area (Å²) in [7, 11) is 0. The van der Waals surface area contributed by atoms with E-state index in [1.807, 2.05) is 0 Å². The van der Waals surface area contributed by atoms with Gasteiger partial charge < -0.3 is 5.11 Å². The van der Waals surface area contributed by atoms with E-state index in [0.717, 1.165) is 12.3 Å². The quantitative estimate of drug-likeness (QED) is 0.747. The zero-order valence-electron chi connectivity index (χ0n) is 10.9. The Bertz CT molecular complexity index is 186. The number of rotatable bonds is 4. The van der Waals surface area contributed by atoms with Crippen LogP contribution >= 0.6 is 0 Å². The first kappa shape index (κ1) is 13.0. The van der Waals surface area contributed by atoms with Gasteiger partial charge in [-0.1, -0.05) is 53.4 Å². The van der Waals surface area contributed by atoms with Crippen LogP contribution in [0.25, 0.3) is 0 Å². The molecule has 0 aromatic heterocycles. The van der Waals surface area contributed by atoms with Crippen molar-refractivity contribution in [3.05, 3.63) is 0 Å². The largest absolute Gasteiger partial charge is 0.392 e. The van der Waals surface area contributed by atoms with Gasteiger partial charge in [0.25, 0.3) is 0 Å². The van der Waals surface area contributed by atoms with Crippen molar-refractivity contribution in [2.75, 3.05) is 0 Å². The molecule has 1 fully saturated rings. The van der Waals surface area contributed by atoms with Gasteiger partial charge in [0, 0.05) is 0 Å². The highest BCUT2D eigenvalue weighted by Gasteiger charge is 2.37. The van der Waals surface area contributed by atoms with Gasteiger partial charge in [-0.3, -0.25) is 0 Å². The van der Waals surface area contributed by atoms with Crippen molar-refractivity contribution in [1.29, 1.82) is 0 Å². The summed E-state index contributed by atoms with van der Waals surface area (Å²) in [5, 5.41) is 10.5. The van der Waals surface area contributed by atoms with Crippen LogP contribution in [0.3, 0.4) is 0 Å². The highest BCUT2D eigenvalue weighted by Crippen LogP contribution is 2.41. The van der Waals surface area contributed by atoms with Crippen molar-refractivity contribution in [3.63, 3.8) is 0 Å². The lowest BCUT2D eigenvalue weighted by molar-refractivity contribution is -0.0368. The summed E-state index contributed by atoms with van der Waals surface area (Å²) < 4.78 is 0. The van der Waals surface area contributed by atoms with Gasteiger partial charge >= 0.3 is 0 Å². The zero-order chi connectivity index (χ0) is 11.5. The second-order valence-electron chi connectivity index (χ2n) is 5.90. The minimum Gasteiger partial charge on any atom is -0.392 e. The molecule has 1 aliphatic carbocycles. The molecule has 15 heavy (non-hydrogen) atoms. The fourth-order valence-electron chi connectivity index (χ4n) is 2.95. The van der Waals surface area contributed by atoms with E-state index >= 15 is 0 Å². The third kappa shape index (κ3) is 2.96. The summed E-state index contributed by atoms with van der Waals surface area (Å²) >= 11 is 0. The van der Waals surface area contributed by atoms with Gasteiger partial charge in [0.2, 0.25) is 0 Å². The molecule has 0 aromatic rings. The molecule has 1 nitrogen and oxygen atoms in total. The number of aliphatic hydroxyl groups is 1. The molecule has 3 atom stereocenters. The Balaban J connectivity index is 2.67. The van der Waals surface area contributed by atoms with E-state index in [1.165, 1.54) is 32.1 Å². The molecule has 0 spiro atoms. The Morgan fingerprint density at radius 2 is 1.80 bits per heavy atom. The van der Waals surface area contributed by atoms with Crippen molar-refractivity contribution in [2.45, 2.75) is 72.3 Å². The molecule has 1 N–H and O–H groups in total. The molecule has 3 unspecified atom stereocenters. The molecule has 0 saturated heterocycles. The molecule has 0 radical (unpaired) electrons. The van der Waals surface area contributed by atoms with Crippen LogP contribution in [-0.4, -0.2) is 11.2 Å². The van der Waals surface area contributed by atoms with E-state index in [9.17, 15) is 5.11 Å². The molecular formula is C14H28O. The maximum Gasteiger partial charge on any atom is 0.0621 e. The highest BCUT2D eigenvalue weighted by atomic mass is 16.3. The average Bonchev–Trinajstić information content (AvgIpc) is 2.28. The minimum absolute atomic E-state index is 0.0927. The average molecular weight is 212 g/mol. The minimum atomic E-state index is -0.104. The maximum atomic E-state index is 10.5. The van der Waals surface area contributed by atoms with Crippen molar-refractivity contribution in [3.8, 4) is 0 Å². The fourth-order valence-corrected chi connectivity index (χ4v) is 2.95. The molecular weight excluding hydrogens is 184 g/mol. The second kappa shape index (κ2) is 5.34. The predicted octanol–water partition coefficient (Wildman–Crippen LogP) is 4.00. The van der Waals surface area contributed by atoms with E-state index < -0.39 is 0 Å². The van der Waals surface area contributed by atoms with Crippen LogP contribution in [0, 0.1) is 17.3 Å². The van der Waals surface area contributed by atoms with Gasteiger partial charge in [-0.25, -0.2) is 0 Å². The fraction of sp³-hybridized carbons (Fsp3) is 1.00. The third-order valence-electron chi connectivity index (χ3n) is 4.61. The molecule has 0 heterocycles. The first-order valence-electron chi connectivity index (χ1n) is 6.71. The molecule has 0 aliphatic heterocycles. The van der Waals surface area contributed by atoms with Gasteiger partial charge in [0.05, 0.1) is 6.10 Å². The smallest absolute Gasteiger partial charge is 0.0621 e.